The number of aryl methyl sites for hydroxylation is 2. The Morgan fingerprint density at radius 2 is 2.44 bits per heavy atom. The molecule has 0 atom stereocenters. The second-order valence-electron chi connectivity index (χ2n) is 3.53. The number of anilines is 1. The molecule has 1 aliphatic carbocycles. The van der Waals surface area contributed by atoms with Crippen LogP contribution in [0.1, 0.15) is 27.6 Å². The highest BCUT2D eigenvalue weighted by molar-refractivity contribution is 7.15. The molecular weight excluding hydrogens is 226 g/mol. The number of fused-ring (bicyclic) bond motifs is 1. The van der Waals surface area contributed by atoms with Gasteiger partial charge in [-0.25, -0.2) is 9.97 Å². The number of nitrogens with zero attached hydrogens (tertiary/aromatic N) is 3. The van der Waals surface area contributed by atoms with Gasteiger partial charge in [-0.05, 0) is 19.3 Å². The number of carbonyl (C=O) groups excluding carboxylic acids is 1. The largest absolute Gasteiger partial charge is 0.295 e. The topological polar surface area (TPSA) is 83.6 Å². The normalized spacial score (nSPS) is 13.8. The zero-order valence-electron chi connectivity index (χ0n) is 8.36. The third-order valence-electron chi connectivity index (χ3n) is 2.45. The first-order valence-electron chi connectivity index (χ1n) is 4.98. The average Bonchev–Trinajstić information content (AvgIpc) is 2.91. The number of hydrogen-bond acceptors (Lipinski definition) is 5. The summed E-state index contributed by atoms with van der Waals surface area (Å²) in [7, 11) is 0. The Labute approximate surface area is 95.1 Å². The molecule has 2 aromatic rings. The molecule has 2 N–H and O–H groups in total. The highest BCUT2D eigenvalue weighted by Crippen LogP contribution is 2.30. The molecule has 0 spiro atoms. The number of aromatic nitrogens is 4. The van der Waals surface area contributed by atoms with Gasteiger partial charge in [-0.2, -0.15) is 5.10 Å². The van der Waals surface area contributed by atoms with E-state index in [0.29, 0.717) is 5.13 Å². The fraction of sp³-hybridized carbons (Fsp3) is 0.333. The lowest BCUT2D eigenvalue weighted by atomic mass is 10.4. The standard InChI is InChI=1S/C9H9N5OS/c15-8(7-10-4-11-14-7)13-9-12-5-2-1-3-6(5)16-9/h4H,1-3H2,(H,10,11,14)(H,12,13,15). The van der Waals surface area contributed by atoms with E-state index in [1.165, 1.54) is 17.6 Å². The van der Waals surface area contributed by atoms with Crippen LogP contribution in [-0.2, 0) is 12.8 Å². The van der Waals surface area contributed by atoms with E-state index in [-0.39, 0.29) is 11.7 Å². The third-order valence-corrected chi connectivity index (χ3v) is 3.52. The summed E-state index contributed by atoms with van der Waals surface area (Å²) < 4.78 is 0. The first-order chi connectivity index (χ1) is 7.83. The molecule has 0 radical (unpaired) electrons. The van der Waals surface area contributed by atoms with E-state index in [1.807, 2.05) is 0 Å². The highest BCUT2D eigenvalue weighted by Gasteiger charge is 2.18. The van der Waals surface area contributed by atoms with E-state index in [0.717, 1.165) is 18.5 Å². The first-order valence-corrected chi connectivity index (χ1v) is 5.80. The van der Waals surface area contributed by atoms with Gasteiger partial charge in [0.05, 0.1) is 5.69 Å². The van der Waals surface area contributed by atoms with Crippen LogP contribution in [0.5, 0.6) is 0 Å². The summed E-state index contributed by atoms with van der Waals surface area (Å²) in [4.78, 5) is 21.0. The minimum Gasteiger partial charge on any atom is -0.295 e. The zero-order chi connectivity index (χ0) is 11.0. The number of thiazole rings is 1. The van der Waals surface area contributed by atoms with Crippen LogP contribution < -0.4 is 5.32 Å². The number of aromatic amines is 1. The molecule has 3 rings (SSSR count). The number of hydrogen-bond donors (Lipinski definition) is 2. The summed E-state index contributed by atoms with van der Waals surface area (Å²) in [6.45, 7) is 0. The average molecular weight is 235 g/mol. The van der Waals surface area contributed by atoms with Crippen LogP contribution >= 0.6 is 11.3 Å². The predicted molar refractivity (Wildman–Crippen MR) is 58.5 cm³/mol. The Bertz CT molecular complexity index is 496. The fourth-order valence-corrected chi connectivity index (χ4v) is 2.76. The predicted octanol–water partition coefficient (Wildman–Crippen LogP) is 1.00. The number of rotatable bonds is 2. The van der Waals surface area contributed by atoms with E-state index in [1.54, 1.807) is 11.3 Å². The smallest absolute Gasteiger partial charge is 0.294 e. The summed E-state index contributed by atoms with van der Waals surface area (Å²) in [5.41, 5.74) is 1.12. The summed E-state index contributed by atoms with van der Waals surface area (Å²) in [6, 6.07) is 0. The van der Waals surface area contributed by atoms with Crippen LogP contribution in [0.4, 0.5) is 5.13 Å². The van der Waals surface area contributed by atoms with Crippen LogP contribution in [0.15, 0.2) is 6.33 Å². The lowest BCUT2D eigenvalue weighted by molar-refractivity contribution is 0.101. The fourth-order valence-electron chi connectivity index (χ4n) is 1.72. The molecule has 2 aromatic heterocycles. The molecule has 0 aromatic carbocycles. The van der Waals surface area contributed by atoms with Crippen LogP contribution in [0.25, 0.3) is 0 Å². The summed E-state index contributed by atoms with van der Waals surface area (Å²) >= 11 is 1.54. The first kappa shape index (κ1) is 9.46. The van der Waals surface area contributed by atoms with Gasteiger partial charge in [0.15, 0.2) is 5.13 Å². The molecule has 0 fully saturated rings. The van der Waals surface area contributed by atoms with E-state index in [9.17, 15) is 4.79 Å². The molecule has 7 heteroatoms. The summed E-state index contributed by atoms with van der Waals surface area (Å²) in [5, 5.41) is 9.48. The molecule has 0 unspecified atom stereocenters. The molecule has 6 nitrogen and oxygen atoms in total. The van der Waals surface area contributed by atoms with Gasteiger partial charge in [0.25, 0.3) is 5.91 Å². The summed E-state index contributed by atoms with van der Waals surface area (Å²) in [6.07, 6.45) is 4.57. The van der Waals surface area contributed by atoms with Gasteiger partial charge >= 0.3 is 0 Å². The molecule has 0 saturated carbocycles. The number of carbonyl (C=O) groups is 1. The number of H-pyrrole nitrogens is 1. The minimum atomic E-state index is -0.301. The SMILES string of the molecule is O=C(Nc1nc2c(s1)CCC2)c1ncn[nH]1. The highest BCUT2D eigenvalue weighted by atomic mass is 32.1. The van der Waals surface area contributed by atoms with Crippen molar-refractivity contribution in [3.05, 3.63) is 22.7 Å². The Kier molecular flexibility index (Phi) is 2.17. The van der Waals surface area contributed by atoms with E-state index in [4.69, 9.17) is 0 Å². The second kappa shape index (κ2) is 3.67. The van der Waals surface area contributed by atoms with Crippen molar-refractivity contribution >= 4 is 22.4 Å². The van der Waals surface area contributed by atoms with Crippen molar-refractivity contribution in [3.8, 4) is 0 Å². The molecule has 0 saturated heterocycles. The van der Waals surface area contributed by atoms with Gasteiger partial charge in [0.2, 0.25) is 5.82 Å². The van der Waals surface area contributed by atoms with Crippen molar-refractivity contribution in [2.75, 3.05) is 5.32 Å². The maximum Gasteiger partial charge on any atom is 0.294 e. The molecule has 1 aliphatic rings. The molecule has 82 valence electrons. The number of nitrogens with one attached hydrogen (secondary N) is 2. The molecule has 0 aliphatic heterocycles. The van der Waals surface area contributed by atoms with E-state index < -0.39 is 0 Å². The van der Waals surface area contributed by atoms with E-state index in [2.05, 4.69) is 25.5 Å². The lowest BCUT2D eigenvalue weighted by Gasteiger charge is -1.96. The molecular formula is C9H9N5OS. The Morgan fingerprint density at radius 1 is 1.50 bits per heavy atom. The summed E-state index contributed by atoms with van der Waals surface area (Å²) in [5.74, 6) is -0.0970. The van der Waals surface area contributed by atoms with Crippen LogP contribution in [-0.4, -0.2) is 26.1 Å². The van der Waals surface area contributed by atoms with Gasteiger partial charge in [-0.15, -0.1) is 11.3 Å². The van der Waals surface area contributed by atoms with Crippen LogP contribution in [0, 0.1) is 0 Å². The molecule has 16 heavy (non-hydrogen) atoms. The monoisotopic (exact) mass is 235 g/mol. The molecule has 2 heterocycles. The van der Waals surface area contributed by atoms with Gasteiger partial charge in [0.1, 0.15) is 6.33 Å². The lowest BCUT2D eigenvalue weighted by Crippen LogP contribution is -2.13. The Balaban J connectivity index is 1.77. The maximum absolute atomic E-state index is 11.6. The van der Waals surface area contributed by atoms with Crippen LogP contribution in [0.2, 0.25) is 0 Å². The molecule has 1 amide bonds. The minimum absolute atomic E-state index is 0.204. The van der Waals surface area contributed by atoms with Gasteiger partial charge in [-0.1, -0.05) is 0 Å². The zero-order valence-corrected chi connectivity index (χ0v) is 9.17. The van der Waals surface area contributed by atoms with E-state index >= 15 is 0 Å². The van der Waals surface area contributed by atoms with Gasteiger partial charge in [0, 0.05) is 4.88 Å². The van der Waals surface area contributed by atoms with Crippen molar-refractivity contribution in [1.82, 2.24) is 20.2 Å². The van der Waals surface area contributed by atoms with Crippen molar-refractivity contribution in [2.24, 2.45) is 0 Å². The quantitative estimate of drug-likeness (QED) is 0.813. The second-order valence-corrected chi connectivity index (χ2v) is 4.61. The Hall–Kier alpha value is -1.76. The molecule has 0 bridgehead atoms. The van der Waals surface area contributed by atoms with Crippen molar-refractivity contribution < 1.29 is 4.79 Å². The van der Waals surface area contributed by atoms with Crippen molar-refractivity contribution in [3.63, 3.8) is 0 Å². The maximum atomic E-state index is 11.6. The van der Waals surface area contributed by atoms with Gasteiger partial charge < -0.3 is 0 Å². The third kappa shape index (κ3) is 1.58. The van der Waals surface area contributed by atoms with Gasteiger partial charge in [-0.3, -0.25) is 15.2 Å². The van der Waals surface area contributed by atoms with Crippen molar-refractivity contribution in [2.45, 2.75) is 19.3 Å². The van der Waals surface area contributed by atoms with Crippen molar-refractivity contribution in [1.29, 1.82) is 0 Å². The number of amides is 1. The Morgan fingerprint density at radius 3 is 3.19 bits per heavy atom. The van der Waals surface area contributed by atoms with Crippen LogP contribution in [0.3, 0.4) is 0 Å².